The summed E-state index contributed by atoms with van der Waals surface area (Å²) < 4.78 is 5.01. The maximum absolute atomic E-state index is 11.6. The number of carbonyl (C=O) groups is 2. The third-order valence-corrected chi connectivity index (χ3v) is 2.76. The van der Waals surface area contributed by atoms with E-state index in [0.29, 0.717) is 11.3 Å². The molecule has 1 aromatic rings. The zero-order valence-electron chi connectivity index (χ0n) is 10.4. The van der Waals surface area contributed by atoms with E-state index in [2.05, 4.69) is 10.9 Å². The highest BCUT2D eigenvalue weighted by atomic mass is 16.3. The molecule has 5 heteroatoms. The van der Waals surface area contributed by atoms with Gasteiger partial charge in [0.05, 0.1) is 11.8 Å². The van der Waals surface area contributed by atoms with E-state index >= 15 is 0 Å². The second kappa shape index (κ2) is 6.08. The Kier molecular flexibility index (Phi) is 4.75. The summed E-state index contributed by atoms with van der Waals surface area (Å²) in [5.74, 6) is -0.0694. The molecule has 5 nitrogen and oxygen atoms in total. The predicted molar refractivity (Wildman–Crippen MR) is 63.1 cm³/mol. The molecule has 0 fully saturated rings. The molecule has 0 saturated carbocycles. The molecule has 17 heavy (non-hydrogen) atoms. The van der Waals surface area contributed by atoms with Crippen LogP contribution in [0.15, 0.2) is 16.7 Å². The van der Waals surface area contributed by atoms with E-state index < -0.39 is 0 Å². The van der Waals surface area contributed by atoms with Crippen molar-refractivity contribution in [2.75, 3.05) is 0 Å². The maximum atomic E-state index is 11.6. The molecule has 1 aromatic heterocycles. The molecule has 0 atom stereocenters. The molecule has 0 aromatic carbocycles. The average molecular weight is 238 g/mol. The van der Waals surface area contributed by atoms with Crippen LogP contribution >= 0.6 is 0 Å². The van der Waals surface area contributed by atoms with Crippen molar-refractivity contribution in [2.24, 2.45) is 5.92 Å². The fourth-order valence-corrected chi connectivity index (χ4v) is 1.57. The highest BCUT2D eigenvalue weighted by Gasteiger charge is 2.16. The number of hydrogen-bond donors (Lipinski definition) is 2. The number of hydrazine groups is 1. The molecule has 0 aliphatic heterocycles. The van der Waals surface area contributed by atoms with Crippen LogP contribution in [-0.4, -0.2) is 11.8 Å². The van der Waals surface area contributed by atoms with E-state index in [9.17, 15) is 9.59 Å². The van der Waals surface area contributed by atoms with Crippen LogP contribution in [-0.2, 0) is 4.79 Å². The van der Waals surface area contributed by atoms with Gasteiger partial charge in [0.25, 0.3) is 5.91 Å². The van der Waals surface area contributed by atoms with Crippen molar-refractivity contribution in [3.8, 4) is 0 Å². The van der Waals surface area contributed by atoms with E-state index in [1.807, 2.05) is 13.8 Å². The van der Waals surface area contributed by atoms with Crippen LogP contribution in [0.1, 0.15) is 42.8 Å². The fourth-order valence-electron chi connectivity index (χ4n) is 1.57. The topological polar surface area (TPSA) is 71.3 Å². The summed E-state index contributed by atoms with van der Waals surface area (Å²) in [5, 5.41) is 0. The van der Waals surface area contributed by atoms with E-state index in [4.69, 9.17) is 4.42 Å². The molecule has 1 heterocycles. The molecular formula is C12H18N2O3. The Morgan fingerprint density at radius 2 is 1.94 bits per heavy atom. The molecule has 0 spiro atoms. The number of hydrogen-bond acceptors (Lipinski definition) is 3. The predicted octanol–water partition coefficient (Wildman–Crippen LogP) is 1.79. The van der Waals surface area contributed by atoms with Crippen molar-refractivity contribution in [1.82, 2.24) is 10.9 Å². The fraction of sp³-hybridized carbons (Fsp3) is 0.500. The van der Waals surface area contributed by atoms with E-state index in [-0.39, 0.29) is 17.7 Å². The zero-order valence-corrected chi connectivity index (χ0v) is 10.4. The minimum Gasteiger partial charge on any atom is -0.469 e. The van der Waals surface area contributed by atoms with Gasteiger partial charge in [-0.15, -0.1) is 0 Å². The summed E-state index contributed by atoms with van der Waals surface area (Å²) in [6.07, 6.45) is 2.94. The monoisotopic (exact) mass is 238 g/mol. The van der Waals surface area contributed by atoms with Crippen molar-refractivity contribution in [3.05, 3.63) is 23.7 Å². The number of aryl methyl sites for hydroxylation is 1. The Labute approximate surface area is 101 Å². The van der Waals surface area contributed by atoms with Gasteiger partial charge in [0.15, 0.2) is 0 Å². The van der Waals surface area contributed by atoms with Gasteiger partial charge < -0.3 is 4.42 Å². The Balaban J connectivity index is 2.49. The van der Waals surface area contributed by atoms with Gasteiger partial charge in [-0.05, 0) is 25.8 Å². The molecule has 0 saturated heterocycles. The molecule has 0 aliphatic carbocycles. The van der Waals surface area contributed by atoms with Crippen molar-refractivity contribution >= 4 is 11.8 Å². The SMILES string of the molecule is CCC(CC)C(=O)NNC(=O)c1ccoc1C. The largest absolute Gasteiger partial charge is 0.469 e. The van der Waals surface area contributed by atoms with Crippen LogP contribution in [0.3, 0.4) is 0 Å². The molecule has 94 valence electrons. The van der Waals surface area contributed by atoms with Gasteiger partial charge >= 0.3 is 0 Å². The maximum Gasteiger partial charge on any atom is 0.273 e. The van der Waals surface area contributed by atoms with Gasteiger partial charge in [0, 0.05) is 5.92 Å². The number of rotatable bonds is 4. The van der Waals surface area contributed by atoms with Crippen molar-refractivity contribution < 1.29 is 14.0 Å². The molecule has 2 amide bonds. The first-order chi connectivity index (χ1) is 8.10. The molecule has 0 unspecified atom stereocenters. The number of furan rings is 1. The molecular weight excluding hydrogens is 220 g/mol. The van der Waals surface area contributed by atoms with E-state index in [0.717, 1.165) is 12.8 Å². The first kappa shape index (κ1) is 13.3. The van der Waals surface area contributed by atoms with Crippen molar-refractivity contribution in [3.63, 3.8) is 0 Å². The summed E-state index contributed by atoms with van der Waals surface area (Å²) in [6.45, 7) is 5.57. The van der Waals surface area contributed by atoms with Crippen LogP contribution in [0.4, 0.5) is 0 Å². The third-order valence-electron chi connectivity index (χ3n) is 2.76. The molecule has 0 radical (unpaired) electrons. The molecule has 1 rings (SSSR count). The lowest BCUT2D eigenvalue weighted by atomic mass is 10.0. The second-order valence-corrected chi connectivity index (χ2v) is 3.85. The quantitative estimate of drug-likeness (QED) is 0.785. The first-order valence-corrected chi connectivity index (χ1v) is 5.74. The Bertz CT molecular complexity index is 394. The van der Waals surface area contributed by atoms with Gasteiger partial charge in [-0.1, -0.05) is 13.8 Å². The normalized spacial score (nSPS) is 10.4. The van der Waals surface area contributed by atoms with Gasteiger partial charge in [-0.25, -0.2) is 0 Å². The van der Waals surface area contributed by atoms with E-state index in [1.54, 1.807) is 13.0 Å². The molecule has 2 N–H and O–H groups in total. The van der Waals surface area contributed by atoms with Crippen LogP contribution in [0.2, 0.25) is 0 Å². The first-order valence-electron chi connectivity index (χ1n) is 5.74. The smallest absolute Gasteiger partial charge is 0.273 e. The minimum absolute atomic E-state index is 0.0688. The summed E-state index contributed by atoms with van der Waals surface area (Å²) in [6, 6.07) is 1.56. The summed E-state index contributed by atoms with van der Waals surface area (Å²) in [7, 11) is 0. The van der Waals surface area contributed by atoms with Crippen LogP contribution < -0.4 is 10.9 Å². The summed E-state index contributed by atoms with van der Waals surface area (Å²) >= 11 is 0. The van der Waals surface area contributed by atoms with Crippen molar-refractivity contribution in [1.29, 1.82) is 0 Å². The lowest BCUT2D eigenvalue weighted by Crippen LogP contribution is -2.44. The zero-order chi connectivity index (χ0) is 12.8. The number of carbonyl (C=O) groups excluding carboxylic acids is 2. The Morgan fingerprint density at radius 1 is 1.29 bits per heavy atom. The average Bonchev–Trinajstić information content (AvgIpc) is 2.74. The Morgan fingerprint density at radius 3 is 2.41 bits per heavy atom. The summed E-state index contributed by atoms with van der Waals surface area (Å²) in [4.78, 5) is 23.3. The third kappa shape index (κ3) is 3.34. The minimum atomic E-state index is -0.365. The molecule has 0 aliphatic rings. The van der Waals surface area contributed by atoms with Crippen LogP contribution in [0.5, 0.6) is 0 Å². The lowest BCUT2D eigenvalue weighted by Gasteiger charge is -2.13. The second-order valence-electron chi connectivity index (χ2n) is 3.85. The van der Waals surface area contributed by atoms with Crippen LogP contribution in [0.25, 0.3) is 0 Å². The van der Waals surface area contributed by atoms with E-state index in [1.165, 1.54) is 6.26 Å². The standard InChI is InChI=1S/C12H18N2O3/c1-4-9(5-2)11(15)13-14-12(16)10-6-7-17-8(10)3/h6-7,9H,4-5H2,1-3H3,(H,13,15)(H,14,16). The van der Waals surface area contributed by atoms with Gasteiger partial charge in [-0.2, -0.15) is 0 Å². The van der Waals surface area contributed by atoms with Gasteiger partial charge in [0.2, 0.25) is 5.91 Å². The number of nitrogens with one attached hydrogen (secondary N) is 2. The highest BCUT2D eigenvalue weighted by Crippen LogP contribution is 2.08. The van der Waals surface area contributed by atoms with Crippen LogP contribution in [0, 0.1) is 12.8 Å². The molecule has 0 bridgehead atoms. The van der Waals surface area contributed by atoms with Crippen molar-refractivity contribution in [2.45, 2.75) is 33.6 Å². The number of amides is 2. The Hall–Kier alpha value is -1.78. The van der Waals surface area contributed by atoms with Gasteiger partial charge in [0.1, 0.15) is 5.76 Å². The lowest BCUT2D eigenvalue weighted by molar-refractivity contribution is -0.126. The summed E-state index contributed by atoms with van der Waals surface area (Å²) in [5.41, 5.74) is 5.22. The highest BCUT2D eigenvalue weighted by molar-refractivity contribution is 5.96. The van der Waals surface area contributed by atoms with Gasteiger partial charge in [-0.3, -0.25) is 20.4 Å².